The molecule has 118 valence electrons. The van der Waals surface area contributed by atoms with Crippen molar-refractivity contribution in [3.8, 4) is 0 Å². The van der Waals surface area contributed by atoms with Gasteiger partial charge < -0.3 is 10.4 Å². The van der Waals surface area contributed by atoms with Gasteiger partial charge in [0.15, 0.2) is 0 Å². The van der Waals surface area contributed by atoms with Gasteiger partial charge in [-0.15, -0.1) is 11.8 Å². The molecule has 0 aliphatic heterocycles. The standard InChI is InChI=1S/C16H24ClNO2S/c1-11(19)9-16(3,4)10-18-15(20)12(2)21-14-7-5-13(17)6-8-14/h5-8,11-12,19H,9-10H2,1-4H3,(H,18,20). The second-order valence-corrected chi connectivity index (χ2v) is 8.00. The van der Waals surface area contributed by atoms with Crippen LogP contribution >= 0.6 is 23.4 Å². The van der Waals surface area contributed by atoms with Crippen molar-refractivity contribution < 1.29 is 9.90 Å². The lowest BCUT2D eigenvalue weighted by Gasteiger charge is -2.27. The summed E-state index contributed by atoms with van der Waals surface area (Å²) in [4.78, 5) is 13.1. The molecule has 2 unspecified atom stereocenters. The van der Waals surface area contributed by atoms with Crippen molar-refractivity contribution in [3.63, 3.8) is 0 Å². The SMILES string of the molecule is CC(O)CC(C)(C)CNC(=O)C(C)Sc1ccc(Cl)cc1. The summed E-state index contributed by atoms with van der Waals surface area (Å²) >= 11 is 7.35. The number of rotatable bonds is 7. The molecule has 0 aliphatic rings. The first-order valence-electron chi connectivity index (χ1n) is 7.07. The Labute approximate surface area is 136 Å². The molecule has 0 saturated carbocycles. The fraction of sp³-hybridized carbons (Fsp3) is 0.562. The smallest absolute Gasteiger partial charge is 0.233 e. The molecular weight excluding hydrogens is 306 g/mol. The van der Waals surface area contributed by atoms with Crippen LogP contribution in [0.5, 0.6) is 0 Å². The fourth-order valence-electron chi connectivity index (χ4n) is 2.11. The van der Waals surface area contributed by atoms with Crippen molar-refractivity contribution in [3.05, 3.63) is 29.3 Å². The molecule has 0 fully saturated rings. The van der Waals surface area contributed by atoms with E-state index in [0.29, 0.717) is 18.0 Å². The first-order valence-corrected chi connectivity index (χ1v) is 8.33. The molecule has 1 amide bonds. The summed E-state index contributed by atoms with van der Waals surface area (Å²) < 4.78 is 0. The average molecular weight is 330 g/mol. The number of thioether (sulfide) groups is 1. The molecule has 1 aromatic carbocycles. The summed E-state index contributed by atoms with van der Waals surface area (Å²) in [6.45, 7) is 8.29. The van der Waals surface area contributed by atoms with Crippen LogP contribution < -0.4 is 5.32 Å². The number of halogens is 1. The van der Waals surface area contributed by atoms with Gasteiger partial charge in [0.25, 0.3) is 0 Å². The Morgan fingerprint density at radius 1 is 1.33 bits per heavy atom. The van der Waals surface area contributed by atoms with Crippen molar-refractivity contribution in [2.45, 2.75) is 50.4 Å². The van der Waals surface area contributed by atoms with Crippen molar-refractivity contribution in [2.24, 2.45) is 5.41 Å². The Kier molecular flexibility index (Phi) is 7.04. The number of carbonyl (C=O) groups is 1. The minimum Gasteiger partial charge on any atom is -0.393 e. The molecule has 0 bridgehead atoms. The van der Waals surface area contributed by atoms with Crippen molar-refractivity contribution >= 4 is 29.3 Å². The van der Waals surface area contributed by atoms with Crippen LogP contribution in [0.4, 0.5) is 0 Å². The van der Waals surface area contributed by atoms with Crippen molar-refractivity contribution in [1.82, 2.24) is 5.32 Å². The van der Waals surface area contributed by atoms with Crippen molar-refractivity contribution in [2.75, 3.05) is 6.54 Å². The van der Waals surface area contributed by atoms with Gasteiger partial charge in [-0.2, -0.15) is 0 Å². The molecule has 0 spiro atoms. The zero-order chi connectivity index (χ0) is 16.0. The summed E-state index contributed by atoms with van der Waals surface area (Å²) in [6.07, 6.45) is 0.296. The predicted molar refractivity (Wildman–Crippen MR) is 89.9 cm³/mol. The van der Waals surface area contributed by atoms with Gasteiger partial charge in [-0.3, -0.25) is 4.79 Å². The molecule has 2 atom stereocenters. The highest BCUT2D eigenvalue weighted by atomic mass is 35.5. The maximum absolute atomic E-state index is 12.1. The van der Waals surface area contributed by atoms with Crippen LogP contribution in [-0.4, -0.2) is 28.9 Å². The zero-order valence-corrected chi connectivity index (χ0v) is 14.6. The molecule has 0 radical (unpaired) electrons. The van der Waals surface area contributed by atoms with Gasteiger partial charge in [0.1, 0.15) is 0 Å². The third kappa shape index (κ3) is 7.21. The Bertz CT molecular complexity index is 460. The molecular formula is C16H24ClNO2S. The predicted octanol–water partition coefficient (Wildman–Crippen LogP) is 3.73. The van der Waals surface area contributed by atoms with Crippen LogP contribution in [0.25, 0.3) is 0 Å². The van der Waals surface area contributed by atoms with Crippen LogP contribution in [0, 0.1) is 5.41 Å². The minimum atomic E-state index is -0.363. The third-order valence-electron chi connectivity index (χ3n) is 3.08. The van der Waals surface area contributed by atoms with Crippen LogP contribution in [0.3, 0.4) is 0 Å². The number of benzene rings is 1. The van der Waals surface area contributed by atoms with E-state index in [4.69, 9.17) is 11.6 Å². The van der Waals surface area contributed by atoms with E-state index in [0.717, 1.165) is 4.90 Å². The van der Waals surface area contributed by atoms with E-state index in [1.165, 1.54) is 11.8 Å². The van der Waals surface area contributed by atoms with Crippen LogP contribution in [0.15, 0.2) is 29.2 Å². The quantitative estimate of drug-likeness (QED) is 0.749. The zero-order valence-electron chi connectivity index (χ0n) is 13.0. The van der Waals surface area contributed by atoms with Gasteiger partial charge >= 0.3 is 0 Å². The average Bonchev–Trinajstić information content (AvgIpc) is 2.37. The summed E-state index contributed by atoms with van der Waals surface area (Å²) in [5, 5.41) is 12.9. The molecule has 3 nitrogen and oxygen atoms in total. The van der Waals surface area contributed by atoms with E-state index in [1.807, 2.05) is 45.0 Å². The summed E-state index contributed by atoms with van der Waals surface area (Å²) in [7, 11) is 0. The molecule has 21 heavy (non-hydrogen) atoms. The lowest BCUT2D eigenvalue weighted by molar-refractivity contribution is -0.120. The summed E-state index contributed by atoms with van der Waals surface area (Å²) in [5.41, 5.74) is -0.117. The van der Waals surface area contributed by atoms with E-state index in [-0.39, 0.29) is 22.7 Å². The Morgan fingerprint density at radius 3 is 2.43 bits per heavy atom. The lowest BCUT2D eigenvalue weighted by Crippen LogP contribution is -2.39. The topological polar surface area (TPSA) is 49.3 Å². The molecule has 2 N–H and O–H groups in total. The molecule has 1 aromatic rings. The maximum atomic E-state index is 12.1. The number of carbonyl (C=O) groups excluding carboxylic acids is 1. The fourth-order valence-corrected chi connectivity index (χ4v) is 3.13. The number of hydrogen-bond acceptors (Lipinski definition) is 3. The maximum Gasteiger partial charge on any atom is 0.233 e. The van der Waals surface area contributed by atoms with E-state index in [2.05, 4.69) is 5.32 Å². The third-order valence-corrected chi connectivity index (χ3v) is 4.45. The van der Waals surface area contributed by atoms with Crippen LogP contribution in [-0.2, 0) is 4.79 Å². The number of nitrogens with one attached hydrogen (secondary N) is 1. The van der Waals surface area contributed by atoms with Gasteiger partial charge in [0, 0.05) is 16.5 Å². The van der Waals surface area contributed by atoms with Crippen LogP contribution in [0.2, 0.25) is 5.02 Å². The largest absolute Gasteiger partial charge is 0.393 e. The molecule has 1 rings (SSSR count). The van der Waals surface area contributed by atoms with Crippen LogP contribution in [0.1, 0.15) is 34.1 Å². The van der Waals surface area contributed by atoms with Crippen molar-refractivity contribution in [1.29, 1.82) is 0 Å². The first-order chi connectivity index (χ1) is 9.69. The van der Waals surface area contributed by atoms with Gasteiger partial charge in [-0.1, -0.05) is 25.4 Å². The van der Waals surface area contributed by atoms with Gasteiger partial charge in [-0.25, -0.2) is 0 Å². The number of aliphatic hydroxyl groups is 1. The lowest BCUT2D eigenvalue weighted by atomic mass is 9.87. The van der Waals surface area contributed by atoms with Gasteiger partial charge in [0.05, 0.1) is 11.4 Å². The number of hydrogen-bond donors (Lipinski definition) is 2. The summed E-state index contributed by atoms with van der Waals surface area (Å²) in [6, 6.07) is 7.46. The highest BCUT2D eigenvalue weighted by molar-refractivity contribution is 8.00. The van der Waals surface area contributed by atoms with Gasteiger partial charge in [-0.05, 0) is 49.9 Å². The van der Waals surface area contributed by atoms with Gasteiger partial charge in [0.2, 0.25) is 5.91 Å². The van der Waals surface area contributed by atoms with E-state index < -0.39 is 0 Å². The molecule has 0 heterocycles. The highest BCUT2D eigenvalue weighted by Crippen LogP contribution is 2.25. The Morgan fingerprint density at radius 2 is 1.90 bits per heavy atom. The second kappa shape index (κ2) is 8.06. The summed E-state index contributed by atoms with van der Waals surface area (Å²) in [5.74, 6) is 0.00798. The first kappa shape index (κ1) is 18.3. The number of aliphatic hydroxyl groups excluding tert-OH is 1. The highest BCUT2D eigenvalue weighted by Gasteiger charge is 2.22. The van der Waals surface area contributed by atoms with E-state index in [9.17, 15) is 9.90 Å². The molecule has 0 aromatic heterocycles. The molecule has 5 heteroatoms. The van der Waals surface area contributed by atoms with E-state index in [1.54, 1.807) is 6.92 Å². The monoisotopic (exact) mass is 329 g/mol. The Balaban J connectivity index is 2.46. The Hall–Kier alpha value is -0.710. The normalized spacial score (nSPS) is 14.6. The molecule has 0 aliphatic carbocycles. The second-order valence-electron chi connectivity index (χ2n) is 6.15. The number of amides is 1. The molecule has 0 saturated heterocycles. The minimum absolute atomic E-state index is 0.00798. The van der Waals surface area contributed by atoms with E-state index >= 15 is 0 Å².